The minimum atomic E-state index is 0.341. The third-order valence-corrected chi connectivity index (χ3v) is 4.17. The molecule has 0 spiro atoms. The van der Waals surface area contributed by atoms with Gasteiger partial charge in [0.15, 0.2) is 0 Å². The largest absolute Gasteiger partial charge is 0.449 e. The van der Waals surface area contributed by atoms with Crippen molar-refractivity contribution in [2.75, 3.05) is 0 Å². The highest BCUT2D eigenvalue weighted by Crippen LogP contribution is 2.01. The molecule has 4 heterocycles. The molecule has 0 bridgehead atoms. The van der Waals surface area contributed by atoms with E-state index >= 15 is 0 Å². The minimum absolute atomic E-state index is 0.341. The topological polar surface area (TPSA) is 122 Å². The molecule has 0 radical (unpaired) electrons. The van der Waals surface area contributed by atoms with Crippen molar-refractivity contribution in [3.05, 3.63) is 90.3 Å². The molecule has 0 aliphatic rings. The Morgan fingerprint density at radius 2 is 0.700 bits per heavy atom. The van der Waals surface area contributed by atoms with E-state index in [1.54, 1.807) is 87.3 Å². The van der Waals surface area contributed by atoms with Gasteiger partial charge < -0.3 is 0 Å². The van der Waals surface area contributed by atoms with Crippen molar-refractivity contribution in [2.45, 2.75) is 0 Å². The molecule has 0 atom stereocenters. The van der Waals surface area contributed by atoms with Crippen LogP contribution in [-0.4, -0.2) is 15.0 Å². The van der Waals surface area contributed by atoms with E-state index < -0.39 is 0 Å². The summed E-state index contributed by atoms with van der Waals surface area (Å²) < 4.78 is 5.01. The number of pyridine rings is 3. The molecule has 0 saturated heterocycles. The molecule has 4 aromatic heterocycles. The molecular formula is C21H12N9+3. The van der Waals surface area contributed by atoms with Crippen LogP contribution in [-0.2, 0) is 0 Å². The van der Waals surface area contributed by atoms with E-state index in [-0.39, 0.29) is 0 Å². The van der Waals surface area contributed by atoms with Crippen molar-refractivity contribution >= 4 is 0 Å². The maximum absolute atomic E-state index is 9.02. The molecule has 0 unspecified atom stereocenters. The number of nitriles is 3. The van der Waals surface area contributed by atoms with E-state index in [0.717, 1.165) is 0 Å². The first kappa shape index (κ1) is 18.3. The average molecular weight is 390 g/mol. The summed E-state index contributed by atoms with van der Waals surface area (Å²) in [6.07, 6.45) is 10.1. The Bertz CT molecular complexity index is 1160. The van der Waals surface area contributed by atoms with Crippen molar-refractivity contribution in [3.63, 3.8) is 0 Å². The molecule has 0 aromatic carbocycles. The molecule has 30 heavy (non-hydrogen) atoms. The van der Waals surface area contributed by atoms with E-state index in [1.807, 2.05) is 0 Å². The molecule has 9 nitrogen and oxygen atoms in total. The van der Waals surface area contributed by atoms with Crippen LogP contribution in [0.4, 0.5) is 0 Å². The van der Waals surface area contributed by atoms with Crippen LogP contribution >= 0.6 is 0 Å². The SMILES string of the molecule is N#Cc1cc[n+](-c2nc(-[n+]3ccc(C#N)cc3)nc(-[n+]3ccc(C#N)cc3)n2)cc1. The van der Waals surface area contributed by atoms with Gasteiger partial charge in [-0.1, -0.05) is 0 Å². The maximum atomic E-state index is 9.02. The lowest BCUT2D eigenvalue weighted by Gasteiger charge is -2.00. The fourth-order valence-corrected chi connectivity index (χ4v) is 2.59. The third kappa shape index (κ3) is 3.65. The zero-order valence-electron chi connectivity index (χ0n) is 15.5. The molecule has 4 aromatic rings. The van der Waals surface area contributed by atoms with E-state index in [0.29, 0.717) is 34.5 Å². The molecule has 4 rings (SSSR count). The van der Waals surface area contributed by atoms with Crippen LogP contribution in [0.5, 0.6) is 0 Å². The smallest absolute Gasteiger partial charge is 0.206 e. The summed E-state index contributed by atoms with van der Waals surface area (Å²) in [5.41, 5.74) is 1.55. The number of aromatic nitrogens is 6. The zero-order valence-corrected chi connectivity index (χ0v) is 15.5. The van der Waals surface area contributed by atoms with Crippen LogP contribution in [0.1, 0.15) is 16.7 Å². The van der Waals surface area contributed by atoms with E-state index in [1.165, 1.54) is 0 Å². The number of nitrogens with zero attached hydrogens (tertiary/aromatic N) is 9. The first-order valence-electron chi connectivity index (χ1n) is 8.71. The quantitative estimate of drug-likeness (QED) is 0.464. The predicted molar refractivity (Wildman–Crippen MR) is 98.6 cm³/mol. The lowest BCUT2D eigenvalue weighted by Crippen LogP contribution is -2.42. The van der Waals surface area contributed by atoms with Crippen LogP contribution in [0.2, 0.25) is 0 Å². The van der Waals surface area contributed by atoms with Crippen molar-refractivity contribution in [1.82, 2.24) is 15.0 Å². The van der Waals surface area contributed by atoms with Gasteiger partial charge in [-0.05, 0) is 36.4 Å². The minimum Gasteiger partial charge on any atom is -0.206 e. The highest BCUT2D eigenvalue weighted by atomic mass is 15.3. The van der Waals surface area contributed by atoms with Gasteiger partial charge in [-0.15, -0.1) is 0 Å². The Labute approximate surface area is 171 Å². The van der Waals surface area contributed by atoms with Gasteiger partial charge in [0.25, 0.3) is 0 Å². The van der Waals surface area contributed by atoms with Gasteiger partial charge in [0.2, 0.25) is 0 Å². The monoisotopic (exact) mass is 390 g/mol. The summed E-state index contributed by atoms with van der Waals surface area (Å²) in [4.78, 5) is 13.5. The summed E-state index contributed by atoms with van der Waals surface area (Å²) >= 11 is 0. The van der Waals surface area contributed by atoms with Crippen LogP contribution in [0.15, 0.2) is 73.6 Å². The van der Waals surface area contributed by atoms with Gasteiger partial charge in [0.05, 0.1) is 72.1 Å². The van der Waals surface area contributed by atoms with Crippen LogP contribution in [0.25, 0.3) is 17.8 Å². The van der Waals surface area contributed by atoms with Crippen LogP contribution < -0.4 is 13.7 Å². The second kappa shape index (κ2) is 7.89. The van der Waals surface area contributed by atoms with Gasteiger partial charge in [0, 0.05) is 15.0 Å². The third-order valence-electron chi connectivity index (χ3n) is 4.17. The Hall–Kier alpha value is -5.07. The van der Waals surface area contributed by atoms with Crippen LogP contribution in [0.3, 0.4) is 0 Å². The second-order valence-corrected chi connectivity index (χ2v) is 6.05. The van der Waals surface area contributed by atoms with Crippen molar-refractivity contribution in [2.24, 2.45) is 0 Å². The van der Waals surface area contributed by atoms with E-state index in [9.17, 15) is 0 Å². The first-order valence-corrected chi connectivity index (χ1v) is 8.71. The molecule has 0 saturated carbocycles. The first-order chi connectivity index (χ1) is 14.7. The predicted octanol–water partition coefficient (Wildman–Crippen LogP) is 0.317. The Balaban J connectivity index is 1.87. The molecule has 9 heteroatoms. The van der Waals surface area contributed by atoms with Crippen molar-refractivity contribution in [3.8, 4) is 36.1 Å². The van der Waals surface area contributed by atoms with Gasteiger partial charge in [-0.25, -0.2) is 13.7 Å². The number of hydrogen-bond acceptors (Lipinski definition) is 6. The summed E-state index contributed by atoms with van der Waals surface area (Å²) in [5, 5.41) is 27.1. The fourth-order valence-electron chi connectivity index (χ4n) is 2.59. The van der Waals surface area contributed by atoms with Gasteiger partial charge in [-0.3, -0.25) is 0 Å². The van der Waals surface area contributed by atoms with Gasteiger partial charge >= 0.3 is 17.8 Å². The average Bonchev–Trinajstić information content (AvgIpc) is 2.84. The summed E-state index contributed by atoms with van der Waals surface area (Å²) in [5.74, 6) is 1.02. The summed E-state index contributed by atoms with van der Waals surface area (Å²) in [6, 6.07) is 16.2. The molecule has 0 N–H and O–H groups in total. The van der Waals surface area contributed by atoms with Crippen molar-refractivity contribution < 1.29 is 13.7 Å². The maximum Gasteiger partial charge on any atom is 0.449 e. The Morgan fingerprint density at radius 1 is 0.467 bits per heavy atom. The molecule has 138 valence electrons. The normalized spacial score (nSPS) is 9.90. The van der Waals surface area contributed by atoms with E-state index in [4.69, 9.17) is 15.8 Å². The second-order valence-electron chi connectivity index (χ2n) is 6.05. The fraction of sp³-hybridized carbons (Fsp3) is 0. The molecular weight excluding hydrogens is 378 g/mol. The number of rotatable bonds is 3. The Kier molecular flexibility index (Phi) is 4.81. The number of hydrogen-bond donors (Lipinski definition) is 0. The summed E-state index contributed by atoms with van der Waals surface area (Å²) in [7, 11) is 0. The summed E-state index contributed by atoms with van der Waals surface area (Å²) in [6.45, 7) is 0. The lowest BCUT2D eigenvalue weighted by molar-refractivity contribution is -0.629. The van der Waals surface area contributed by atoms with Gasteiger partial charge in [-0.2, -0.15) is 15.8 Å². The lowest BCUT2D eigenvalue weighted by atomic mass is 10.3. The highest BCUT2D eigenvalue weighted by Gasteiger charge is 2.25. The van der Waals surface area contributed by atoms with Gasteiger partial charge in [0.1, 0.15) is 0 Å². The van der Waals surface area contributed by atoms with Crippen LogP contribution in [0, 0.1) is 34.0 Å². The highest BCUT2D eigenvalue weighted by molar-refractivity contribution is 5.26. The molecule has 0 aliphatic heterocycles. The molecule has 0 aliphatic carbocycles. The molecule has 0 fully saturated rings. The van der Waals surface area contributed by atoms with Crippen molar-refractivity contribution in [1.29, 1.82) is 15.8 Å². The standard InChI is InChI=1S/C21H12N9/c22-13-16-1-7-28(8-2-16)19-25-20(29-9-3-17(14-23)4-10-29)27-21(26-19)30-11-5-18(15-24)6-12-30/h1-12H/q+3. The molecule has 0 amide bonds. The Morgan fingerprint density at radius 3 is 0.900 bits per heavy atom. The zero-order chi connectivity index (χ0) is 20.9. The van der Waals surface area contributed by atoms with E-state index in [2.05, 4.69) is 33.2 Å².